The number of aryl methyl sites for hydroxylation is 1. The highest BCUT2D eigenvalue weighted by atomic mass is 32.2. The first-order valence-corrected chi connectivity index (χ1v) is 6.35. The summed E-state index contributed by atoms with van der Waals surface area (Å²) < 4.78 is 29.3. The van der Waals surface area contributed by atoms with E-state index >= 15 is 0 Å². The van der Waals surface area contributed by atoms with E-state index in [-0.39, 0.29) is 0 Å². The Morgan fingerprint density at radius 2 is 2.12 bits per heavy atom. The van der Waals surface area contributed by atoms with Crippen LogP contribution in [0.4, 0.5) is 0 Å². The highest BCUT2D eigenvalue weighted by molar-refractivity contribution is 7.85. The maximum Gasteiger partial charge on any atom is 0.283 e. The topological polar surface area (TPSA) is 83.5 Å². The Kier molecular flexibility index (Phi) is 4.03. The first-order chi connectivity index (χ1) is 7.42. The third-order valence-corrected chi connectivity index (χ3v) is 2.52. The van der Waals surface area contributed by atoms with Crippen molar-refractivity contribution in [3.05, 3.63) is 35.4 Å². The molecule has 0 aromatic heterocycles. The van der Waals surface area contributed by atoms with E-state index in [4.69, 9.17) is 4.55 Å². The summed E-state index contributed by atoms with van der Waals surface area (Å²) >= 11 is 0. The molecule has 0 aliphatic rings. The number of nitrogens with one attached hydrogen (secondary N) is 1. The van der Waals surface area contributed by atoms with E-state index in [1.807, 2.05) is 13.0 Å². The third-order valence-electron chi connectivity index (χ3n) is 2.01. The van der Waals surface area contributed by atoms with Crippen LogP contribution >= 0.6 is 0 Å². The molecule has 0 bridgehead atoms. The van der Waals surface area contributed by atoms with Gasteiger partial charge >= 0.3 is 0 Å². The third kappa shape index (κ3) is 4.00. The lowest BCUT2D eigenvalue weighted by Gasteiger charge is -2.04. The van der Waals surface area contributed by atoms with Crippen LogP contribution in [-0.2, 0) is 16.5 Å². The second-order valence-electron chi connectivity index (χ2n) is 3.29. The molecular weight excluding hydrogens is 230 g/mol. The smallest absolute Gasteiger partial charge is 0.283 e. The summed E-state index contributed by atoms with van der Waals surface area (Å²) in [5.41, 5.74) is 1.36. The quantitative estimate of drug-likeness (QED) is 0.767. The lowest BCUT2D eigenvalue weighted by molar-refractivity contribution is 0.0959. The molecule has 1 aromatic rings. The highest BCUT2D eigenvalue weighted by Gasteiger charge is 2.09. The molecular formula is C10H13NO4S. The maximum absolute atomic E-state index is 11.5. The lowest BCUT2D eigenvalue weighted by Crippen LogP contribution is -2.29. The summed E-state index contributed by atoms with van der Waals surface area (Å²) in [5, 5.41) is 2.11. The molecule has 16 heavy (non-hydrogen) atoms. The molecule has 6 heteroatoms. The highest BCUT2D eigenvalue weighted by Crippen LogP contribution is 2.05. The Hall–Kier alpha value is -1.40. The number of carbonyl (C=O) groups excluding carboxylic acids is 1. The number of carbonyl (C=O) groups is 1. The van der Waals surface area contributed by atoms with Crippen LogP contribution in [0.5, 0.6) is 0 Å². The number of hydrogen-bond donors (Lipinski definition) is 2. The summed E-state index contributed by atoms with van der Waals surface area (Å²) in [4.78, 5) is 11.5. The average Bonchev–Trinajstić information content (AvgIpc) is 2.25. The van der Waals surface area contributed by atoms with Crippen LogP contribution in [0.3, 0.4) is 0 Å². The van der Waals surface area contributed by atoms with Crippen molar-refractivity contribution in [2.24, 2.45) is 0 Å². The van der Waals surface area contributed by atoms with Crippen molar-refractivity contribution in [1.82, 2.24) is 5.32 Å². The van der Waals surface area contributed by atoms with E-state index in [9.17, 15) is 13.2 Å². The van der Waals surface area contributed by atoms with Gasteiger partial charge in [0.2, 0.25) is 0 Å². The Labute approximate surface area is 94.2 Å². The standard InChI is InChI=1S/C10H13NO4S/c1-2-8-4-3-5-9(6-8)10(12)11-7-16(13,14)15/h3-6H,2,7H2,1H3,(H,11,12)(H,13,14,15). The minimum absolute atomic E-state index is 0.378. The average molecular weight is 243 g/mol. The normalized spacial score (nSPS) is 11.1. The van der Waals surface area contributed by atoms with Gasteiger partial charge in [0.1, 0.15) is 5.88 Å². The van der Waals surface area contributed by atoms with Crippen molar-refractivity contribution >= 4 is 16.0 Å². The molecule has 1 amide bonds. The number of benzene rings is 1. The first kappa shape index (κ1) is 12.7. The monoisotopic (exact) mass is 243 g/mol. The molecule has 0 heterocycles. The van der Waals surface area contributed by atoms with Gasteiger partial charge < -0.3 is 5.32 Å². The molecule has 2 N–H and O–H groups in total. The molecule has 0 atom stereocenters. The summed E-state index contributed by atoms with van der Waals surface area (Å²) in [7, 11) is -4.17. The van der Waals surface area contributed by atoms with Crippen LogP contribution in [0, 0.1) is 0 Å². The van der Waals surface area contributed by atoms with Crippen LogP contribution < -0.4 is 5.32 Å². The van der Waals surface area contributed by atoms with Crippen LogP contribution in [0.1, 0.15) is 22.8 Å². The van der Waals surface area contributed by atoms with Crippen LogP contribution in [-0.4, -0.2) is 24.8 Å². The van der Waals surface area contributed by atoms with Gasteiger partial charge in [-0.3, -0.25) is 9.35 Å². The zero-order chi connectivity index (χ0) is 12.2. The van der Waals surface area contributed by atoms with E-state index in [0.29, 0.717) is 5.56 Å². The van der Waals surface area contributed by atoms with Gasteiger partial charge in [0.05, 0.1) is 0 Å². The second-order valence-corrected chi connectivity index (χ2v) is 4.74. The Balaban J connectivity index is 2.73. The van der Waals surface area contributed by atoms with Crippen molar-refractivity contribution in [1.29, 1.82) is 0 Å². The van der Waals surface area contributed by atoms with Crippen LogP contribution in [0.15, 0.2) is 24.3 Å². The summed E-state index contributed by atoms with van der Waals surface area (Å²) in [6, 6.07) is 6.86. The van der Waals surface area contributed by atoms with Crippen molar-refractivity contribution < 1.29 is 17.8 Å². The van der Waals surface area contributed by atoms with Crippen LogP contribution in [0.2, 0.25) is 0 Å². The van der Waals surface area contributed by atoms with E-state index in [0.717, 1.165) is 12.0 Å². The van der Waals surface area contributed by atoms with Crippen molar-refractivity contribution in [3.8, 4) is 0 Å². The van der Waals surface area contributed by atoms with Crippen molar-refractivity contribution in [2.45, 2.75) is 13.3 Å². The second kappa shape index (κ2) is 5.09. The van der Waals surface area contributed by atoms with Gasteiger partial charge in [0, 0.05) is 5.56 Å². The van der Waals surface area contributed by atoms with Gasteiger partial charge in [-0.2, -0.15) is 8.42 Å². The number of rotatable bonds is 4. The van der Waals surface area contributed by atoms with Gasteiger partial charge in [-0.15, -0.1) is 0 Å². The van der Waals surface area contributed by atoms with Crippen molar-refractivity contribution in [3.63, 3.8) is 0 Å². The Bertz CT molecular complexity index is 481. The zero-order valence-electron chi connectivity index (χ0n) is 8.80. The molecule has 5 nitrogen and oxygen atoms in total. The maximum atomic E-state index is 11.5. The van der Waals surface area contributed by atoms with Gasteiger partial charge in [-0.05, 0) is 24.1 Å². The first-order valence-electron chi connectivity index (χ1n) is 4.74. The lowest BCUT2D eigenvalue weighted by atomic mass is 10.1. The van der Waals surface area contributed by atoms with Gasteiger partial charge in [0.25, 0.3) is 16.0 Å². The molecule has 88 valence electrons. The van der Waals surface area contributed by atoms with Gasteiger partial charge in [-0.1, -0.05) is 19.1 Å². The van der Waals surface area contributed by atoms with Gasteiger partial charge in [0.15, 0.2) is 0 Å². The Morgan fingerprint density at radius 3 is 2.69 bits per heavy atom. The zero-order valence-corrected chi connectivity index (χ0v) is 9.62. The summed E-state index contributed by atoms with van der Waals surface area (Å²) in [6.45, 7) is 1.95. The SMILES string of the molecule is CCc1cccc(C(=O)NCS(=O)(=O)O)c1. The molecule has 0 spiro atoms. The molecule has 0 aliphatic carbocycles. The molecule has 0 unspecified atom stereocenters. The minimum Gasteiger partial charge on any atom is -0.336 e. The predicted octanol–water partition coefficient (Wildman–Crippen LogP) is 0.824. The molecule has 0 aliphatic heterocycles. The number of hydrogen-bond acceptors (Lipinski definition) is 3. The fraction of sp³-hybridized carbons (Fsp3) is 0.300. The molecule has 0 saturated heterocycles. The molecule has 0 fully saturated rings. The van der Waals surface area contributed by atoms with E-state index < -0.39 is 21.9 Å². The largest absolute Gasteiger partial charge is 0.336 e. The van der Waals surface area contributed by atoms with E-state index in [1.54, 1.807) is 18.2 Å². The summed E-state index contributed by atoms with van der Waals surface area (Å²) in [5.74, 6) is -1.30. The fourth-order valence-electron chi connectivity index (χ4n) is 1.19. The number of amides is 1. The van der Waals surface area contributed by atoms with Crippen molar-refractivity contribution in [2.75, 3.05) is 5.88 Å². The molecule has 0 radical (unpaired) electrons. The summed E-state index contributed by atoms with van der Waals surface area (Å²) in [6.07, 6.45) is 0.791. The molecule has 0 saturated carbocycles. The van der Waals surface area contributed by atoms with Gasteiger partial charge in [-0.25, -0.2) is 0 Å². The van der Waals surface area contributed by atoms with E-state index in [1.165, 1.54) is 0 Å². The fourth-order valence-corrected chi connectivity index (χ4v) is 1.50. The minimum atomic E-state index is -4.17. The Morgan fingerprint density at radius 1 is 1.44 bits per heavy atom. The van der Waals surface area contributed by atoms with Crippen LogP contribution in [0.25, 0.3) is 0 Å². The molecule has 1 rings (SSSR count). The van der Waals surface area contributed by atoms with E-state index in [2.05, 4.69) is 5.32 Å². The predicted molar refractivity (Wildman–Crippen MR) is 59.7 cm³/mol. The molecule has 1 aromatic carbocycles.